The number of anilines is 2. The Morgan fingerprint density at radius 2 is 0.744 bits per heavy atom. The predicted molar refractivity (Wildman–Crippen MR) is 148 cm³/mol. The van der Waals surface area contributed by atoms with Crippen molar-refractivity contribution in [1.29, 1.82) is 0 Å². The summed E-state index contributed by atoms with van der Waals surface area (Å²) in [4.78, 5) is 0. The fourth-order valence-corrected chi connectivity index (χ4v) is 3.03. The second-order valence-electron chi connectivity index (χ2n) is 8.09. The van der Waals surface area contributed by atoms with Gasteiger partial charge in [0.1, 0.15) is 24.7 Å². The number of hydrogen-bond acceptors (Lipinski definition) is 11. The first-order chi connectivity index (χ1) is 19.3. The average molecular weight is 553 g/mol. The molecule has 4 N–H and O–H groups in total. The van der Waals surface area contributed by atoms with Crippen LogP contribution in [0.15, 0.2) is 48.5 Å². The van der Waals surface area contributed by atoms with Gasteiger partial charge >= 0.3 is 0 Å². The molecule has 2 rings (SSSR count). The van der Waals surface area contributed by atoms with Gasteiger partial charge in [0.25, 0.3) is 0 Å². The normalized spacial score (nSPS) is 11.1. The Morgan fingerprint density at radius 1 is 0.385 bits per heavy atom. The Balaban J connectivity index is 1.19. The van der Waals surface area contributed by atoms with Gasteiger partial charge in [0.15, 0.2) is 0 Å². The second kappa shape index (κ2) is 23.3. The molecule has 0 saturated heterocycles. The molecule has 2 aromatic carbocycles. The van der Waals surface area contributed by atoms with Crippen LogP contribution in [0, 0.1) is 0 Å². The third-order valence-electron chi connectivity index (χ3n) is 5.01. The Morgan fingerprint density at radius 3 is 1.15 bits per heavy atom. The summed E-state index contributed by atoms with van der Waals surface area (Å²) in [6.07, 6.45) is 0. The molecule has 0 aliphatic heterocycles. The zero-order chi connectivity index (χ0) is 27.6. The van der Waals surface area contributed by atoms with Crippen molar-refractivity contribution < 1.29 is 42.6 Å². The Kier molecular flexibility index (Phi) is 19.4. The van der Waals surface area contributed by atoms with E-state index in [4.69, 9.17) is 54.1 Å². The lowest BCUT2D eigenvalue weighted by Gasteiger charge is -2.10. The van der Waals surface area contributed by atoms with Crippen molar-refractivity contribution in [3.05, 3.63) is 48.5 Å². The lowest BCUT2D eigenvalue weighted by atomic mass is 10.3. The summed E-state index contributed by atoms with van der Waals surface area (Å²) >= 11 is 0. The number of rotatable bonds is 26. The first-order valence-corrected chi connectivity index (χ1v) is 13.3. The predicted octanol–water partition coefficient (Wildman–Crippen LogP) is 2.43. The van der Waals surface area contributed by atoms with Crippen LogP contribution in [0.2, 0.25) is 0 Å². The summed E-state index contributed by atoms with van der Waals surface area (Å²) in [5.74, 6) is 1.44. The molecular weight excluding hydrogens is 508 g/mol. The summed E-state index contributed by atoms with van der Waals surface area (Å²) in [6, 6.07) is 14.6. The van der Waals surface area contributed by atoms with Gasteiger partial charge in [0.05, 0.1) is 98.2 Å². The molecule has 2 aromatic rings. The summed E-state index contributed by atoms with van der Waals surface area (Å²) < 4.78 is 49.3. The molecule has 11 heteroatoms. The molecule has 0 amide bonds. The second-order valence-corrected chi connectivity index (χ2v) is 8.09. The van der Waals surface area contributed by atoms with Crippen LogP contribution in [0.25, 0.3) is 0 Å². The van der Waals surface area contributed by atoms with Gasteiger partial charge in [-0.25, -0.2) is 0 Å². The maximum Gasteiger partial charge on any atom is 0.142 e. The van der Waals surface area contributed by atoms with Gasteiger partial charge in [-0.2, -0.15) is 0 Å². The molecule has 0 heterocycles. The van der Waals surface area contributed by atoms with Crippen LogP contribution in [0.1, 0.15) is 0 Å². The molecule has 39 heavy (non-hydrogen) atoms. The van der Waals surface area contributed by atoms with E-state index < -0.39 is 0 Å². The van der Waals surface area contributed by atoms with Crippen LogP contribution < -0.4 is 20.9 Å². The minimum absolute atomic E-state index is 0.440. The quantitative estimate of drug-likeness (QED) is 0.132. The molecule has 0 saturated carbocycles. The van der Waals surface area contributed by atoms with Crippen molar-refractivity contribution in [2.75, 3.05) is 117 Å². The number of nitrogen functional groups attached to an aromatic ring is 2. The first kappa shape index (κ1) is 32.6. The SMILES string of the molecule is Nc1ccc(OCCOCCOCCOCCOCCOCCOCCOCCOc2ccccc2N)cc1. The highest BCUT2D eigenvalue weighted by Crippen LogP contribution is 2.19. The number of ether oxygens (including phenoxy) is 9. The van der Waals surface area contributed by atoms with E-state index in [2.05, 4.69) is 0 Å². The van der Waals surface area contributed by atoms with E-state index >= 15 is 0 Å². The summed E-state index contributed by atoms with van der Waals surface area (Å²) in [6.45, 7) is 7.97. The molecular formula is C28H44N2O9. The maximum absolute atomic E-state index is 5.81. The van der Waals surface area contributed by atoms with Crippen LogP contribution in [0.3, 0.4) is 0 Å². The molecule has 0 aliphatic carbocycles. The molecule has 0 unspecified atom stereocenters. The summed E-state index contributed by atoms with van der Waals surface area (Å²) in [7, 11) is 0. The third-order valence-corrected chi connectivity index (χ3v) is 5.01. The van der Waals surface area contributed by atoms with Crippen molar-refractivity contribution >= 4 is 11.4 Å². The van der Waals surface area contributed by atoms with Crippen LogP contribution in [-0.4, -0.2) is 106 Å². The summed E-state index contributed by atoms with van der Waals surface area (Å²) in [5.41, 5.74) is 12.8. The zero-order valence-corrected chi connectivity index (χ0v) is 22.8. The molecule has 0 bridgehead atoms. The van der Waals surface area contributed by atoms with Gasteiger partial charge in [0.2, 0.25) is 0 Å². The van der Waals surface area contributed by atoms with Gasteiger partial charge in [-0.05, 0) is 36.4 Å². The van der Waals surface area contributed by atoms with Crippen molar-refractivity contribution in [3.8, 4) is 11.5 Å². The largest absolute Gasteiger partial charge is 0.491 e. The first-order valence-electron chi connectivity index (χ1n) is 13.3. The van der Waals surface area contributed by atoms with E-state index in [1.807, 2.05) is 30.3 Å². The molecule has 0 atom stereocenters. The third kappa shape index (κ3) is 18.3. The molecule has 0 aromatic heterocycles. The highest BCUT2D eigenvalue weighted by molar-refractivity contribution is 5.51. The number of nitrogens with two attached hydrogens (primary N) is 2. The lowest BCUT2D eigenvalue weighted by Crippen LogP contribution is -2.15. The standard InChI is InChI=1S/C28H44N2O9/c29-25-5-7-26(8-6-25)38-23-21-36-19-17-34-15-13-32-11-9-31-10-12-33-14-16-35-18-20-37-22-24-39-28-4-2-1-3-27(28)30/h1-8H,9-24,29-30H2. The number of para-hydroxylation sites is 2. The van der Waals surface area contributed by atoms with Crippen molar-refractivity contribution in [3.63, 3.8) is 0 Å². The molecule has 0 radical (unpaired) electrons. The molecule has 0 aliphatic rings. The Bertz CT molecular complexity index is 827. The van der Waals surface area contributed by atoms with E-state index in [1.165, 1.54) is 0 Å². The molecule has 0 fully saturated rings. The van der Waals surface area contributed by atoms with E-state index in [0.717, 1.165) is 5.75 Å². The van der Waals surface area contributed by atoms with Crippen LogP contribution >= 0.6 is 0 Å². The lowest BCUT2D eigenvalue weighted by molar-refractivity contribution is -0.0218. The maximum atomic E-state index is 5.81. The topological polar surface area (TPSA) is 135 Å². The Labute approximate surface area is 231 Å². The molecule has 220 valence electrons. The Hall–Kier alpha value is -2.64. The number of hydrogen-bond donors (Lipinski definition) is 2. The molecule has 11 nitrogen and oxygen atoms in total. The van der Waals surface area contributed by atoms with Gasteiger partial charge in [0, 0.05) is 5.69 Å². The fraction of sp³-hybridized carbons (Fsp3) is 0.571. The summed E-state index contributed by atoms with van der Waals surface area (Å²) in [5, 5.41) is 0. The monoisotopic (exact) mass is 552 g/mol. The van der Waals surface area contributed by atoms with Crippen molar-refractivity contribution in [2.24, 2.45) is 0 Å². The van der Waals surface area contributed by atoms with Crippen molar-refractivity contribution in [2.45, 2.75) is 0 Å². The fourth-order valence-electron chi connectivity index (χ4n) is 3.03. The van der Waals surface area contributed by atoms with E-state index in [1.54, 1.807) is 18.2 Å². The van der Waals surface area contributed by atoms with E-state index in [0.29, 0.717) is 123 Å². The zero-order valence-electron chi connectivity index (χ0n) is 22.8. The van der Waals surface area contributed by atoms with Gasteiger partial charge in [-0.3, -0.25) is 0 Å². The number of benzene rings is 2. The average Bonchev–Trinajstić information content (AvgIpc) is 2.95. The van der Waals surface area contributed by atoms with Crippen LogP contribution in [-0.2, 0) is 33.2 Å². The minimum Gasteiger partial charge on any atom is -0.491 e. The van der Waals surface area contributed by atoms with Gasteiger partial charge < -0.3 is 54.1 Å². The van der Waals surface area contributed by atoms with Gasteiger partial charge in [-0.1, -0.05) is 12.1 Å². The van der Waals surface area contributed by atoms with E-state index in [-0.39, 0.29) is 0 Å². The van der Waals surface area contributed by atoms with E-state index in [9.17, 15) is 0 Å². The van der Waals surface area contributed by atoms with Crippen LogP contribution in [0.5, 0.6) is 11.5 Å². The highest BCUT2D eigenvalue weighted by Gasteiger charge is 1.99. The van der Waals surface area contributed by atoms with Gasteiger partial charge in [-0.15, -0.1) is 0 Å². The minimum atomic E-state index is 0.440. The highest BCUT2D eigenvalue weighted by atomic mass is 16.6. The van der Waals surface area contributed by atoms with Crippen molar-refractivity contribution in [1.82, 2.24) is 0 Å². The smallest absolute Gasteiger partial charge is 0.142 e. The molecule has 0 spiro atoms. The van der Waals surface area contributed by atoms with Crippen LogP contribution in [0.4, 0.5) is 11.4 Å².